The van der Waals surface area contributed by atoms with Crippen LogP contribution in [0.3, 0.4) is 0 Å². The van der Waals surface area contributed by atoms with Crippen LogP contribution in [-0.2, 0) is 14.8 Å². The number of hydrogen-bond acceptors (Lipinski definition) is 5. The van der Waals surface area contributed by atoms with Gasteiger partial charge in [0.1, 0.15) is 11.5 Å². The molecule has 3 rings (SSSR count). The summed E-state index contributed by atoms with van der Waals surface area (Å²) in [5, 5.41) is 4.13. The molecule has 0 radical (unpaired) electrons. The average molecular weight is 418 g/mol. The van der Waals surface area contributed by atoms with E-state index in [-0.39, 0.29) is 73.3 Å². The van der Waals surface area contributed by atoms with Crippen molar-refractivity contribution < 1.29 is 79.7 Å². The third kappa shape index (κ3) is 5.57. The van der Waals surface area contributed by atoms with Gasteiger partial charge in [0.05, 0.1) is 10.5 Å². The second-order valence-electron chi connectivity index (χ2n) is 5.73. The Morgan fingerprint density at radius 3 is 2.21 bits per heavy atom. The summed E-state index contributed by atoms with van der Waals surface area (Å²) in [5.74, 6) is 0.0917. The molecule has 1 amide bonds. The van der Waals surface area contributed by atoms with Crippen molar-refractivity contribution in [2.75, 3.05) is 0 Å². The van der Waals surface area contributed by atoms with E-state index in [1.165, 1.54) is 12.1 Å². The summed E-state index contributed by atoms with van der Waals surface area (Å²) in [5.41, 5.74) is 3.19. The topological polar surface area (TPSA) is 89.3 Å². The van der Waals surface area contributed by atoms with Crippen LogP contribution in [0.2, 0.25) is 0 Å². The summed E-state index contributed by atoms with van der Waals surface area (Å²) in [6.07, 6.45) is 0.0949. The number of nitrogens with one attached hydrogen (secondary N) is 1. The molecule has 1 heterocycles. The normalized spacial score (nSPS) is 10.5. The minimum Gasteiger partial charge on any atom is -1.00 e. The number of amides is 1. The van der Waals surface area contributed by atoms with Gasteiger partial charge >= 0.3 is 59.1 Å². The molecule has 2 aromatic carbocycles. The molecule has 0 spiro atoms. The first-order valence-corrected chi connectivity index (χ1v) is 9.58. The standard InChI is InChI=1S/C19H18N2O4S.2Na.2H/c1-3-17(22)21-26(23,24)16-11-9-14(10-12-16)18-13(2)25-20-19(18)15-7-5-4-6-8-15;;;;/h4-12H,3H2,1-2H3,(H,21,22);;;;/q;2*+1;2*-1. The molecule has 3 aromatic rings. The van der Waals surface area contributed by atoms with Gasteiger partial charge in [-0.25, -0.2) is 13.1 Å². The maximum Gasteiger partial charge on any atom is 1.00 e. The molecule has 6 nitrogen and oxygen atoms in total. The Balaban J connectivity index is 0. The van der Waals surface area contributed by atoms with Crippen LogP contribution in [-0.4, -0.2) is 19.5 Å². The smallest absolute Gasteiger partial charge is 1.00 e. The van der Waals surface area contributed by atoms with E-state index < -0.39 is 15.9 Å². The zero-order valence-corrected chi connectivity index (χ0v) is 21.2. The molecular weight excluding hydrogens is 398 g/mol. The molecule has 1 aromatic heterocycles. The van der Waals surface area contributed by atoms with Gasteiger partial charge in [-0.05, 0) is 24.6 Å². The van der Waals surface area contributed by atoms with Gasteiger partial charge < -0.3 is 7.38 Å². The SMILES string of the molecule is CCC(=O)NS(=O)(=O)c1ccc(-c2c(-c3ccccc3)noc2C)cc1.[H-].[H-].[Na+].[Na+]. The first-order chi connectivity index (χ1) is 12.4. The van der Waals surface area contributed by atoms with Crippen LogP contribution in [0.1, 0.15) is 22.0 Å². The molecule has 0 bridgehead atoms. The fourth-order valence-electron chi connectivity index (χ4n) is 2.59. The van der Waals surface area contributed by atoms with Gasteiger partial charge in [-0.2, -0.15) is 0 Å². The Bertz CT molecular complexity index is 1040. The van der Waals surface area contributed by atoms with E-state index in [1.54, 1.807) is 26.0 Å². The van der Waals surface area contributed by atoms with Crippen molar-refractivity contribution in [3.8, 4) is 22.4 Å². The van der Waals surface area contributed by atoms with Crippen molar-refractivity contribution in [3.05, 3.63) is 60.4 Å². The van der Waals surface area contributed by atoms with Crippen LogP contribution in [0.15, 0.2) is 64.0 Å². The van der Waals surface area contributed by atoms with Gasteiger partial charge in [-0.1, -0.05) is 54.5 Å². The Morgan fingerprint density at radius 1 is 1.04 bits per heavy atom. The van der Waals surface area contributed by atoms with E-state index >= 15 is 0 Å². The van der Waals surface area contributed by atoms with Gasteiger partial charge in [0.25, 0.3) is 10.0 Å². The number of aromatic nitrogens is 1. The van der Waals surface area contributed by atoms with Crippen LogP contribution in [0.4, 0.5) is 0 Å². The number of benzene rings is 2. The second kappa shape index (κ2) is 10.7. The summed E-state index contributed by atoms with van der Waals surface area (Å²) in [4.78, 5) is 11.4. The number of sulfonamides is 1. The third-order valence-electron chi connectivity index (χ3n) is 3.93. The van der Waals surface area contributed by atoms with Crippen LogP contribution in [0.25, 0.3) is 22.4 Å². The zero-order valence-electron chi connectivity index (χ0n) is 18.4. The Hall–Kier alpha value is -0.930. The second-order valence-corrected chi connectivity index (χ2v) is 7.42. The third-order valence-corrected chi connectivity index (χ3v) is 5.32. The predicted octanol–water partition coefficient (Wildman–Crippen LogP) is -2.24. The first kappa shape index (κ1) is 25.1. The fraction of sp³-hybridized carbons (Fsp3) is 0.158. The number of nitrogens with zero attached hydrogens (tertiary/aromatic N) is 1. The fourth-order valence-corrected chi connectivity index (χ4v) is 3.64. The molecule has 0 fully saturated rings. The molecule has 0 saturated heterocycles. The number of rotatable bonds is 5. The maximum atomic E-state index is 12.2. The molecule has 0 saturated carbocycles. The molecule has 0 aliphatic rings. The monoisotopic (exact) mass is 418 g/mol. The van der Waals surface area contributed by atoms with Gasteiger partial charge in [-0.3, -0.25) is 4.79 Å². The summed E-state index contributed by atoms with van der Waals surface area (Å²) >= 11 is 0. The molecule has 0 aliphatic carbocycles. The number of aryl methyl sites for hydroxylation is 1. The largest absolute Gasteiger partial charge is 1.00 e. The van der Waals surface area contributed by atoms with Crippen molar-refractivity contribution in [3.63, 3.8) is 0 Å². The Kier molecular flexibility index (Phi) is 9.62. The first-order valence-electron chi connectivity index (χ1n) is 8.10. The van der Waals surface area contributed by atoms with Crippen molar-refractivity contribution in [1.29, 1.82) is 0 Å². The Morgan fingerprint density at radius 2 is 1.64 bits per heavy atom. The Labute approximate surface area is 211 Å². The van der Waals surface area contributed by atoms with Gasteiger partial charge in [-0.15, -0.1) is 0 Å². The van der Waals surface area contributed by atoms with Crippen molar-refractivity contribution in [2.45, 2.75) is 25.2 Å². The number of hydrogen-bond donors (Lipinski definition) is 1. The van der Waals surface area contributed by atoms with Crippen LogP contribution in [0, 0.1) is 6.92 Å². The van der Waals surface area contributed by atoms with E-state index in [2.05, 4.69) is 5.16 Å². The molecule has 1 N–H and O–H groups in total. The van der Waals surface area contributed by atoms with Crippen molar-refractivity contribution in [2.24, 2.45) is 0 Å². The summed E-state index contributed by atoms with van der Waals surface area (Å²) < 4.78 is 31.8. The van der Waals surface area contributed by atoms with Crippen LogP contribution < -0.4 is 63.8 Å². The maximum absolute atomic E-state index is 12.2. The van der Waals surface area contributed by atoms with Crippen molar-refractivity contribution >= 4 is 15.9 Å². The number of carbonyl (C=O) groups excluding carboxylic acids is 1. The summed E-state index contributed by atoms with van der Waals surface area (Å²) in [7, 11) is -3.87. The quantitative estimate of drug-likeness (QED) is 0.474. The van der Waals surface area contributed by atoms with Gasteiger partial charge in [0, 0.05) is 12.0 Å². The molecule has 0 aliphatic heterocycles. The molecular formula is C19H20N2Na2O4S. The van der Waals surface area contributed by atoms with E-state index in [1.807, 2.05) is 35.1 Å². The minimum atomic E-state index is -3.87. The summed E-state index contributed by atoms with van der Waals surface area (Å²) in [6, 6.07) is 15.9. The van der Waals surface area contributed by atoms with E-state index in [0.29, 0.717) is 11.5 Å². The molecule has 28 heavy (non-hydrogen) atoms. The van der Waals surface area contributed by atoms with Crippen molar-refractivity contribution in [1.82, 2.24) is 9.88 Å². The number of carbonyl (C=O) groups is 1. The summed E-state index contributed by atoms with van der Waals surface area (Å²) in [6.45, 7) is 3.40. The molecule has 138 valence electrons. The van der Waals surface area contributed by atoms with Gasteiger partial charge in [0.2, 0.25) is 5.91 Å². The molecule has 0 unspecified atom stereocenters. The van der Waals surface area contributed by atoms with E-state index in [0.717, 1.165) is 16.7 Å². The van der Waals surface area contributed by atoms with E-state index in [4.69, 9.17) is 4.52 Å². The molecule has 9 heteroatoms. The average Bonchev–Trinajstić information content (AvgIpc) is 3.03. The van der Waals surface area contributed by atoms with Crippen LogP contribution in [0.5, 0.6) is 0 Å². The van der Waals surface area contributed by atoms with E-state index in [9.17, 15) is 13.2 Å². The zero-order chi connectivity index (χ0) is 18.7. The van der Waals surface area contributed by atoms with Crippen LogP contribution >= 0.6 is 0 Å². The minimum absolute atomic E-state index is 0. The predicted molar refractivity (Wildman–Crippen MR) is 100.0 cm³/mol. The van der Waals surface area contributed by atoms with Gasteiger partial charge in [0.15, 0.2) is 0 Å². The molecule has 0 atom stereocenters.